The second kappa shape index (κ2) is 4.86. The topological polar surface area (TPSA) is 42.0 Å². The quantitative estimate of drug-likeness (QED) is 0.896. The van der Waals surface area contributed by atoms with E-state index in [9.17, 15) is 4.79 Å². The molecular formula is C15H18N2O. The van der Waals surface area contributed by atoms with Crippen LogP contribution in [0.2, 0.25) is 0 Å². The van der Waals surface area contributed by atoms with Gasteiger partial charge in [0.2, 0.25) is 0 Å². The summed E-state index contributed by atoms with van der Waals surface area (Å²) in [5.74, 6) is 0.136. The summed E-state index contributed by atoms with van der Waals surface area (Å²) in [6.45, 7) is 6.07. The predicted octanol–water partition coefficient (Wildman–Crippen LogP) is 2.65. The number of hydrogen-bond acceptors (Lipinski definition) is 3. The van der Waals surface area contributed by atoms with Crippen molar-refractivity contribution in [2.45, 2.75) is 26.3 Å². The first kappa shape index (κ1) is 12.7. The van der Waals surface area contributed by atoms with Crippen molar-refractivity contribution in [1.82, 2.24) is 10.3 Å². The number of ketones is 1. The largest absolute Gasteiger partial charge is 0.301 e. The second-order valence-corrected chi connectivity index (χ2v) is 5.10. The van der Waals surface area contributed by atoms with Gasteiger partial charge in [-0.3, -0.25) is 9.78 Å². The Morgan fingerprint density at radius 1 is 1.33 bits per heavy atom. The maximum atomic E-state index is 11.1. The van der Waals surface area contributed by atoms with Crippen LogP contribution in [-0.4, -0.2) is 17.3 Å². The van der Waals surface area contributed by atoms with Crippen molar-refractivity contribution < 1.29 is 4.79 Å². The Bertz CT molecular complexity index is 575. The number of rotatable bonds is 4. The lowest BCUT2D eigenvalue weighted by Gasteiger charge is -2.26. The van der Waals surface area contributed by atoms with Crippen LogP contribution < -0.4 is 5.32 Å². The van der Waals surface area contributed by atoms with E-state index in [1.165, 1.54) is 0 Å². The molecule has 0 amide bonds. The molecule has 1 aromatic carbocycles. The molecule has 1 N–H and O–H groups in total. The van der Waals surface area contributed by atoms with Gasteiger partial charge in [0, 0.05) is 17.1 Å². The molecule has 0 aliphatic carbocycles. The average Bonchev–Trinajstić information content (AvgIpc) is 2.36. The first-order valence-electron chi connectivity index (χ1n) is 6.09. The Labute approximate surface area is 107 Å². The van der Waals surface area contributed by atoms with Gasteiger partial charge in [-0.15, -0.1) is 0 Å². The molecule has 0 spiro atoms. The molecule has 94 valence electrons. The summed E-state index contributed by atoms with van der Waals surface area (Å²) in [6, 6.07) is 10.1. The summed E-state index contributed by atoms with van der Waals surface area (Å²) in [5.41, 5.74) is 1.81. The molecule has 0 saturated carbocycles. The zero-order chi connectivity index (χ0) is 13.2. The molecule has 0 fully saturated rings. The number of para-hydroxylation sites is 1. The molecular weight excluding hydrogens is 224 g/mol. The van der Waals surface area contributed by atoms with Crippen molar-refractivity contribution in [2.24, 2.45) is 0 Å². The van der Waals surface area contributed by atoms with Crippen molar-refractivity contribution in [2.75, 3.05) is 6.54 Å². The summed E-state index contributed by atoms with van der Waals surface area (Å²) in [6.07, 6.45) is 1.87. The third-order valence-electron chi connectivity index (χ3n) is 3.09. The van der Waals surface area contributed by atoms with E-state index >= 15 is 0 Å². The zero-order valence-electron chi connectivity index (χ0n) is 11.0. The van der Waals surface area contributed by atoms with Gasteiger partial charge in [0.05, 0.1) is 12.1 Å². The minimum absolute atomic E-state index is 0.136. The van der Waals surface area contributed by atoms with E-state index in [1.54, 1.807) is 6.92 Å². The number of nitrogens with one attached hydrogen (secondary N) is 1. The molecule has 0 unspecified atom stereocenters. The van der Waals surface area contributed by atoms with Crippen LogP contribution in [0.15, 0.2) is 36.5 Å². The molecule has 2 rings (SSSR count). The number of pyridine rings is 1. The molecule has 3 nitrogen and oxygen atoms in total. The Balaban J connectivity index is 2.32. The molecule has 1 heterocycles. The van der Waals surface area contributed by atoms with E-state index in [0.717, 1.165) is 16.5 Å². The SMILES string of the molecule is CC(=O)CNC(C)(C)c1cnc2ccccc2c1. The number of nitrogens with zero attached hydrogens (tertiary/aromatic N) is 1. The number of hydrogen-bond donors (Lipinski definition) is 1. The van der Waals surface area contributed by atoms with Crippen LogP contribution >= 0.6 is 0 Å². The van der Waals surface area contributed by atoms with E-state index in [1.807, 2.05) is 30.5 Å². The van der Waals surface area contributed by atoms with Crippen LogP contribution in [0.1, 0.15) is 26.3 Å². The molecule has 18 heavy (non-hydrogen) atoms. The lowest BCUT2D eigenvalue weighted by Crippen LogP contribution is -2.39. The van der Waals surface area contributed by atoms with Crippen LogP contribution in [0.3, 0.4) is 0 Å². The molecule has 2 aromatic rings. The number of aromatic nitrogens is 1. The number of Topliss-reactive ketones (excluding diaryl/α,β-unsaturated/α-hetero) is 1. The van der Waals surface area contributed by atoms with Crippen LogP contribution in [0.25, 0.3) is 10.9 Å². The highest BCUT2D eigenvalue weighted by Crippen LogP contribution is 2.22. The molecule has 1 aromatic heterocycles. The van der Waals surface area contributed by atoms with E-state index in [2.05, 4.69) is 30.2 Å². The van der Waals surface area contributed by atoms with Gasteiger partial charge in [-0.05, 0) is 38.5 Å². The van der Waals surface area contributed by atoms with Gasteiger partial charge in [0.1, 0.15) is 5.78 Å². The van der Waals surface area contributed by atoms with E-state index in [0.29, 0.717) is 6.54 Å². The summed E-state index contributed by atoms with van der Waals surface area (Å²) in [7, 11) is 0. The average molecular weight is 242 g/mol. The number of benzene rings is 1. The van der Waals surface area contributed by atoms with Crippen molar-refractivity contribution in [3.8, 4) is 0 Å². The van der Waals surface area contributed by atoms with Gasteiger partial charge in [-0.2, -0.15) is 0 Å². The van der Waals surface area contributed by atoms with Crippen LogP contribution in [0.5, 0.6) is 0 Å². The summed E-state index contributed by atoms with van der Waals surface area (Å²) in [4.78, 5) is 15.5. The molecule has 0 aliphatic rings. The van der Waals surface area contributed by atoms with E-state index in [4.69, 9.17) is 0 Å². The minimum Gasteiger partial charge on any atom is -0.301 e. The molecule has 0 bridgehead atoms. The molecule has 0 saturated heterocycles. The highest BCUT2D eigenvalue weighted by atomic mass is 16.1. The summed E-state index contributed by atoms with van der Waals surface area (Å²) in [5, 5.41) is 4.37. The highest BCUT2D eigenvalue weighted by molar-refractivity contribution is 5.79. The lowest BCUT2D eigenvalue weighted by atomic mass is 9.94. The third-order valence-corrected chi connectivity index (χ3v) is 3.09. The fraction of sp³-hybridized carbons (Fsp3) is 0.333. The highest BCUT2D eigenvalue weighted by Gasteiger charge is 2.20. The first-order valence-corrected chi connectivity index (χ1v) is 6.09. The molecule has 0 aliphatic heterocycles. The summed E-state index contributed by atoms with van der Waals surface area (Å²) >= 11 is 0. The van der Waals surface area contributed by atoms with E-state index in [-0.39, 0.29) is 11.3 Å². The third kappa shape index (κ3) is 2.74. The Hall–Kier alpha value is -1.74. The van der Waals surface area contributed by atoms with Crippen molar-refractivity contribution in [1.29, 1.82) is 0 Å². The minimum atomic E-state index is -0.261. The lowest BCUT2D eigenvalue weighted by molar-refractivity contribution is -0.116. The second-order valence-electron chi connectivity index (χ2n) is 5.10. The zero-order valence-corrected chi connectivity index (χ0v) is 11.0. The number of carbonyl (C=O) groups excluding carboxylic acids is 1. The fourth-order valence-electron chi connectivity index (χ4n) is 1.86. The van der Waals surface area contributed by atoms with Crippen LogP contribution in [-0.2, 0) is 10.3 Å². The van der Waals surface area contributed by atoms with Crippen molar-refractivity contribution in [3.63, 3.8) is 0 Å². The van der Waals surface area contributed by atoms with Gasteiger partial charge >= 0.3 is 0 Å². The van der Waals surface area contributed by atoms with Gasteiger partial charge in [-0.1, -0.05) is 18.2 Å². The van der Waals surface area contributed by atoms with Gasteiger partial charge < -0.3 is 5.32 Å². The number of carbonyl (C=O) groups is 1. The maximum Gasteiger partial charge on any atom is 0.143 e. The fourth-order valence-corrected chi connectivity index (χ4v) is 1.86. The maximum absolute atomic E-state index is 11.1. The standard InChI is InChI=1S/C15H18N2O/c1-11(18)9-17-15(2,3)13-8-12-6-4-5-7-14(12)16-10-13/h4-8,10,17H,9H2,1-3H3. The Kier molecular flexibility index (Phi) is 3.43. The molecule has 0 atom stereocenters. The predicted molar refractivity (Wildman–Crippen MR) is 73.5 cm³/mol. The number of fused-ring (bicyclic) bond motifs is 1. The van der Waals surface area contributed by atoms with E-state index < -0.39 is 0 Å². The summed E-state index contributed by atoms with van der Waals surface area (Å²) < 4.78 is 0. The Morgan fingerprint density at radius 3 is 2.78 bits per heavy atom. The van der Waals surface area contributed by atoms with Crippen LogP contribution in [0, 0.1) is 0 Å². The normalized spacial score (nSPS) is 11.7. The molecule has 0 radical (unpaired) electrons. The monoisotopic (exact) mass is 242 g/mol. The van der Waals surface area contributed by atoms with Gasteiger partial charge in [0.15, 0.2) is 0 Å². The van der Waals surface area contributed by atoms with Crippen molar-refractivity contribution in [3.05, 3.63) is 42.1 Å². The van der Waals surface area contributed by atoms with Gasteiger partial charge in [0.25, 0.3) is 0 Å². The molecule has 3 heteroatoms. The first-order chi connectivity index (χ1) is 8.49. The smallest absolute Gasteiger partial charge is 0.143 e. The van der Waals surface area contributed by atoms with Gasteiger partial charge in [-0.25, -0.2) is 0 Å². The van der Waals surface area contributed by atoms with Crippen LogP contribution in [0.4, 0.5) is 0 Å². The Morgan fingerprint density at radius 2 is 2.06 bits per heavy atom. The van der Waals surface area contributed by atoms with Crippen molar-refractivity contribution >= 4 is 16.7 Å².